The molecule has 20 heavy (non-hydrogen) atoms. The molecule has 1 unspecified atom stereocenters. The summed E-state index contributed by atoms with van der Waals surface area (Å²) >= 11 is 0. The van der Waals surface area contributed by atoms with Crippen LogP contribution in [0.5, 0.6) is 0 Å². The first-order chi connectivity index (χ1) is 9.65. The predicted octanol–water partition coefficient (Wildman–Crippen LogP) is 2.64. The molecule has 4 nitrogen and oxygen atoms in total. The van der Waals surface area contributed by atoms with Crippen molar-refractivity contribution >= 4 is 0 Å². The fraction of sp³-hybridized carbons (Fsp3) is 0.467. The monoisotopic (exact) mass is 276 g/mol. The largest absolute Gasteiger partial charge is 0.310 e. The zero-order valence-corrected chi connectivity index (χ0v) is 12.2. The van der Waals surface area contributed by atoms with E-state index in [1.165, 1.54) is 6.20 Å². The van der Waals surface area contributed by atoms with Crippen LogP contribution in [-0.4, -0.2) is 21.3 Å². The summed E-state index contributed by atoms with van der Waals surface area (Å²) in [7, 11) is 0. The molecular formula is C15H21FN4. The van der Waals surface area contributed by atoms with Gasteiger partial charge in [0, 0.05) is 36.5 Å². The zero-order valence-electron chi connectivity index (χ0n) is 12.2. The van der Waals surface area contributed by atoms with Crippen LogP contribution in [0, 0.1) is 12.7 Å². The van der Waals surface area contributed by atoms with Crippen molar-refractivity contribution in [2.45, 2.75) is 39.8 Å². The SMILES string of the molecule is CCNC(Cc1cc(C)nn1CC)c1ccncc1F. The molecular weight excluding hydrogens is 255 g/mol. The van der Waals surface area contributed by atoms with Gasteiger partial charge in [-0.05, 0) is 32.5 Å². The van der Waals surface area contributed by atoms with Crippen molar-refractivity contribution in [1.29, 1.82) is 0 Å². The number of pyridine rings is 1. The Bertz CT molecular complexity index is 565. The lowest BCUT2D eigenvalue weighted by Crippen LogP contribution is -2.25. The van der Waals surface area contributed by atoms with E-state index in [1.807, 2.05) is 18.5 Å². The molecule has 5 heteroatoms. The third-order valence-corrected chi connectivity index (χ3v) is 3.33. The lowest BCUT2D eigenvalue weighted by atomic mass is 10.0. The second-order valence-electron chi connectivity index (χ2n) is 4.80. The van der Waals surface area contributed by atoms with Gasteiger partial charge >= 0.3 is 0 Å². The maximum Gasteiger partial charge on any atom is 0.146 e. The van der Waals surface area contributed by atoms with E-state index in [-0.39, 0.29) is 11.9 Å². The third kappa shape index (κ3) is 3.22. The van der Waals surface area contributed by atoms with E-state index in [9.17, 15) is 4.39 Å². The van der Waals surface area contributed by atoms with Gasteiger partial charge in [-0.15, -0.1) is 0 Å². The van der Waals surface area contributed by atoms with Crippen molar-refractivity contribution in [3.05, 3.63) is 47.3 Å². The van der Waals surface area contributed by atoms with Crippen molar-refractivity contribution in [3.63, 3.8) is 0 Å². The highest BCUT2D eigenvalue weighted by atomic mass is 19.1. The summed E-state index contributed by atoms with van der Waals surface area (Å²) in [4.78, 5) is 3.81. The van der Waals surface area contributed by atoms with E-state index in [4.69, 9.17) is 0 Å². The fourth-order valence-corrected chi connectivity index (χ4v) is 2.45. The van der Waals surface area contributed by atoms with Crippen LogP contribution < -0.4 is 5.32 Å². The Morgan fingerprint density at radius 3 is 2.85 bits per heavy atom. The number of likely N-dealkylation sites (N-methyl/N-ethyl adjacent to an activating group) is 1. The predicted molar refractivity (Wildman–Crippen MR) is 77.0 cm³/mol. The first-order valence-corrected chi connectivity index (χ1v) is 7.01. The molecule has 0 bridgehead atoms. The zero-order chi connectivity index (χ0) is 14.5. The average molecular weight is 276 g/mol. The van der Waals surface area contributed by atoms with E-state index in [0.717, 1.165) is 24.5 Å². The van der Waals surface area contributed by atoms with Gasteiger partial charge in [0.05, 0.1) is 11.9 Å². The summed E-state index contributed by atoms with van der Waals surface area (Å²) < 4.78 is 15.9. The van der Waals surface area contributed by atoms with Crippen LogP contribution in [0.25, 0.3) is 0 Å². The number of nitrogens with one attached hydrogen (secondary N) is 1. The molecule has 0 saturated carbocycles. The van der Waals surface area contributed by atoms with Gasteiger partial charge in [-0.2, -0.15) is 5.10 Å². The number of rotatable bonds is 6. The molecule has 2 heterocycles. The second kappa shape index (κ2) is 6.61. The molecule has 0 spiro atoms. The number of aromatic nitrogens is 3. The molecule has 0 radical (unpaired) electrons. The Hall–Kier alpha value is -1.75. The molecule has 0 amide bonds. The van der Waals surface area contributed by atoms with E-state index in [0.29, 0.717) is 12.0 Å². The topological polar surface area (TPSA) is 42.7 Å². The minimum absolute atomic E-state index is 0.0654. The van der Waals surface area contributed by atoms with Crippen molar-refractivity contribution in [2.24, 2.45) is 0 Å². The molecule has 0 fully saturated rings. The normalized spacial score (nSPS) is 12.6. The molecule has 108 valence electrons. The van der Waals surface area contributed by atoms with Crippen molar-refractivity contribution in [1.82, 2.24) is 20.1 Å². The second-order valence-corrected chi connectivity index (χ2v) is 4.80. The lowest BCUT2D eigenvalue weighted by Gasteiger charge is -2.19. The van der Waals surface area contributed by atoms with Gasteiger partial charge in [0.1, 0.15) is 5.82 Å². The summed E-state index contributed by atoms with van der Waals surface area (Å²) in [6.45, 7) is 7.66. The fourth-order valence-electron chi connectivity index (χ4n) is 2.45. The molecule has 1 atom stereocenters. The molecule has 0 aliphatic rings. The highest BCUT2D eigenvalue weighted by Crippen LogP contribution is 2.21. The van der Waals surface area contributed by atoms with E-state index >= 15 is 0 Å². The highest BCUT2D eigenvalue weighted by Gasteiger charge is 2.17. The van der Waals surface area contributed by atoms with E-state index in [1.54, 1.807) is 12.3 Å². The molecule has 0 aromatic carbocycles. The van der Waals surface area contributed by atoms with Crippen LogP contribution in [0.3, 0.4) is 0 Å². The van der Waals surface area contributed by atoms with Crippen LogP contribution >= 0.6 is 0 Å². The van der Waals surface area contributed by atoms with Gasteiger partial charge in [-0.1, -0.05) is 6.92 Å². The van der Waals surface area contributed by atoms with Crippen LogP contribution in [0.1, 0.15) is 36.8 Å². The van der Waals surface area contributed by atoms with Crippen molar-refractivity contribution in [2.75, 3.05) is 6.54 Å². The van der Waals surface area contributed by atoms with E-state index < -0.39 is 0 Å². The maximum atomic E-state index is 13.9. The molecule has 2 rings (SSSR count). The number of hydrogen-bond acceptors (Lipinski definition) is 3. The van der Waals surface area contributed by atoms with Gasteiger partial charge < -0.3 is 5.32 Å². The Morgan fingerprint density at radius 2 is 2.20 bits per heavy atom. The van der Waals surface area contributed by atoms with Gasteiger partial charge in [0.2, 0.25) is 0 Å². The number of nitrogens with zero attached hydrogens (tertiary/aromatic N) is 3. The van der Waals surface area contributed by atoms with Crippen molar-refractivity contribution < 1.29 is 4.39 Å². The summed E-state index contributed by atoms with van der Waals surface area (Å²) in [5.41, 5.74) is 2.77. The summed E-state index contributed by atoms with van der Waals surface area (Å²) in [6, 6.07) is 3.74. The van der Waals surface area contributed by atoms with Crippen molar-refractivity contribution in [3.8, 4) is 0 Å². The third-order valence-electron chi connectivity index (χ3n) is 3.33. The number of aryl methyl sites for hydroxylation is 2. The smallest absolute Gasteiger partial charge is 0.146 e. The van der Waals surface area contributed by atoms with E-state index in [2.05, 4.69) is 28.4 Å². The standard InChI is InChI=1S/C15H21FN4/c1-4-18-15(13-6-7-17-10-14(13)16)9-12-8-11(3)19-20(12)5-2/h6-8,10,15,18H,4-5,9H2,1-3H3. The molecule has 0 saturated heterocycles. The van der Waals surface area contributed by atoms with Gasteiger partial charge in [-0.25, -0.2) is 4.39 Å². The first kappa shape index (κ1) is 14.7. The summed E-state index contributed by atoms with van der Waals surface area (Å²) in [5.74, 6) is -0.266. The maximum absolute atomic E-state index is 13.9. The van der Waals surface area contributed by atoms with Crippen LogP contribution in [-0.2, 0) is 13.0 Å². The first-order valence-electron chi connectivity index (χ1n) is 7.01. The Kier molecular flexibility index (Phi) is 4.84. The lowest BCUT2D eigenvalue weighted by molar-refractivity contribution is 0.488. The highest BCUT2D eigenvalue weighted by molar-refractivity contribution is 5.21. The van der Waals surface area contributed by atoms with Crippen LogP contribution in [0.2, 0.25) is 0 Å². The quantitative estimate of drug-likeness (QED) is 0.882. The molecule has 0 aliphatic carbocycles. The Balaban J connectivity index is 2.28. The van der Waals surface area contributed by atoms with Crippen LogP contribution in [0.4, 0.5) is 4.39 Å². The minimum atomic E-state index is -0.266. The molecule has 2 aromatic rings. The molecule has 1 N–H and O–H groups in total. The van der Waals surface area contributed by atoms with Gasteiger partial charge in [0.25, 0.3) is 0 Å². The van der Waals surface area contributed by atoms with Crippen LogP contribution in [0.15, 0.2) is 24.5 Å². The average Bonchev–Trinajstić information content (AvgIpc) is 2.79. The van der Waals surface area contributed by atoms with Gasteiger partial charge in [0.15, 0.2) is 0 Å². The Labute approximate surface area is 119 Å². The summed E-state index contributed by atoms with van der Waals surface area (Å²) in [5, 5.41) is 7.78. The Morgan fingerprint density at radius 1 is 1.40 bits per heavy atom. The summed E-state index contributed by atoms with van der Waals surface area (Å²) in [6.07, 6.45) is 3.61. The molecule has 2 aromatic heterocycles. The van der Waals surface area contributed by atoms with Gasteiger partial charge in [-0.3, -0.25) is 9.67 Å². The number of halogens is 1. The molecule has 0 aliphatic heterocycles. The number of hydrogen-bond donors (Lipinski definition) is 1. The minimum Gasteiger partial charge on any atom is -0.310 e.